The maximum absolute atomic E-state index is 13.0. The number of carbonyl (C=O) groups is 2. The molecular formula is C16H26N2O5S. The number of hydrogen-bond acceptors (Lipinski definition) is 4. The molecule has 0 radical (unpaired) electrons. The number of carboxylic acid groups (broad SMARTS) is 1. The number of piperidine rings is 1. The number of hydrogen-bond donors (Lipinski definition) is 1. The first-order chi connectivity index (χ1) is 11.3. The Balaban J connectivity index is 1.72. The van der Waals surface area contributed by atoms with Crippen molar-refractivity contribution >= 4 is 21.9 Å². The fraction of sp³-hybridized carbons (Fsp3) is 0.875. The Morgan fingerprint density at radius 3 is 2.25 bits per heavy atom. The van der Waals surface area contributed by atoms with Crippen LogP contribution in [0.3, 0.4) is 0 Å². The Bertz CT molecular complexity index is 612. The van der Waals surface area contributed by atoms with E-state index in [-0.39, 0.29) is 17.9 Å². The van der Waals surface area contributed by atoms with Gasteiger partial charge in [-0.1, -0.05) is 12.8 Å². The first kappa shape index (κ1) is 17.7. The van der Waals surface area contributed by atoms with Crippen molar-refractivity contribution in [3.8, 4) is 0 Å². The number of likely N-dealkylation sites (tertiary alicyclic amines) is 1. The Morgan fingerprint density at radius 1 is 1.04 bits per heavy atom. The molecule has 8 heteroatoms. The predicted octanol–water partition coefficient (Wildman–Crippen LogP) is 0.902. The molecule has 0 aromatic heterocycles. The van der Waals surface area contributed by atoms with Crippen LogP contribution in [0.2, 0.25) is 0 Å². The number of amides is 1. The molecule has 1 saturated carbocycles. The van der Waals surface area contributed by atoms with E-state index in [1.54, 1.807) is 4.90 Å². The van der Waals surface area contributed by atoms with Gasteiger partial charge in [-0.05, 0) is 38.0 Å². The van der Waals surface area contributed by atoms with Gasteiger partial charge in [-0.25, -0.2) is 17.5 Å². The van der Waals surface area contributed by atoms with E-state index in [4.69, 9.17) is 0 Å². The molecule has 2 aliphatic heterocycles. The number of aliphatic carboxylic acids is 1. The molecule has 136 valence electrons. The lowest BCUT2D eigenvalue weighted by Crippen LogP contribution is -2.51. The third kappa shape index (κ3) is 3.31. The van der Waals surface area contributed by atoms with Gasteiger partial charge in [-0.2, -0.15) is 0 Å². The Morgan fingerprint density at radius 2 is 1.67 bits per heavy atom. The monoisotopic (exact) mass is 358 g/mol. The van der Waals surface area contributed by atoms with Gasteiger partial charge in [0.05, 0.1) is 6.26 Å². The zero-order chi connectivity index (χ0) is 17.5. The maximum atomic E-state index is 13.0. The average Bonchev–Trinajstić information content (AvgIpc) is 2.93. The summed E-state index contributed by atoms with van der Waals surface area (Å²) < 4.78 is 24.6. The van der Waals surface area contributed by atoms with Crippen molar-refractivity contribution < 1.29 is 23.1 Å². The lowest BCUT2D eigenvalue weighted by molar-refractivity contribution is -0.152. The molecule has 1 amide bonds. The molecule has 2 saturated heterocycles. The molecule has 3 fully saturated rings. The minimum Gasteiger partial charge on any atom is -0.480 e. The van der Waals surface area contributed by atoms with Crippen molar-refractivity contribution in [2.75, 3.05) is 19.3 Å². The second kappa shape index (κ2) is 6.63. The van der Waals surface area contributed by atoms with E-state index in [0.717, 1.165) is 25.7 Å². The third-order valence-electron chi connectivity index (χ3n) is 5.90. The molecule has 0 bridgehead atoms. The number of rotatable bonds is 3. The van der Waals surface area contributed by atoms with Crippen LogP contribution < -0.4 is 0 Å². The van der Waals surface area contributed by atoms with Crippen LogP contribution in [0.5, 0.6) is 0 Å². The number of carbonyl (C=O) groups excluding carboxylic acids is 1. The normalized spacial score (nSPS) is 32.5. The lowest BCUT2D eigenvalue weighted by atomic mass is 9.84. The summed E-state index contributed by atoms with van der Waals surface area (Å²) in [5.74, 6) is -0.943. The second-order valence-corrected chi connectivity index (χ2v) is 9.37. The molecule has 0 unspecified atom stereocenters. The van der Waals surface area contributed by atoms with E-state index in [2.05, 4.69) is 0 Å². The molecule has 7 nitrogen and oxygen atoms in total. The molecule has 0 aromatic rings. The number of fused-ring (bicyclic) bond motifs is 1. The first-order valence-corrected chi connectivity index (χ1v) is 10.6. The summed E-state index contributed by atoms with van der Waals surface area (Å²) >= 11 is 0. The Labute approximate surface area is 143 Å². The molecule has 3 rings (SSSR count). The van der Waals surface area contributed by atoms with E-state index in [1.165, 1.54) is 10.6 Å². The Hall–Kier alpha value is -1.15. The van der Waals surface area contributed by atoms with Gasteiger partial charge in [-0.15, -0.1) is 0 Å². The van der Waals surface area contributed by atoms with Crippen LogP contribution in [-0.2, 0) is 19.6 Å². The third-order valence-corrected chi connectivity index (χ3v) is 7.20. The number of nitrogens with zero attached hydrogens (tertiary/aromatic N) is 2. The average molecular weight is 358 g/mol. The Kier molecular flexibility index (Phi) is 4.88. The molecule has 3 atom stereocenters. The van der Waals surface area contributed by atoms with Gasteiger partial charge in [0.25, 0.3) is 0 Å². The van der Waals surface area contributed by atoms with Crippen LogP contribution in [-0.4, -0.2) is 66.0 Å². The fourth-order valence-corrected chi connectivity index (χ4v) is 5.52. The SMILES string of the molecule is CS(=O)(=O)N1CCC(C(=O)N2[C@@H]3CCCC[C@H]3C[C@H]2C(=O)O)CC1. The fourth-order valence-electron chi connectivity index (χ4n) is 4.64. The summed E-state index contributed by atoms with van der Waals surface area (Å²) in [4.78, 5) is 26.3. The van der Waals surface area contributed by atoms with E-state index < -0.39 is 22.0 Å². The predicted molar refractivity (Wildman–Crippen MR) is 87.8 cm³/mol. The van der Waals surface area contributed by atoms with Crippen LogP contribution in [0, 0.1) is 11.8 Å². The largest absolute Gasteiger partial charge is 0.480 e. The number of carboxylic acids is 1. The van der Waals surface area contributed by atoms with Gasteiger partial charge >= 0.3 is 5.97 Å². The van der Waals surface area contributed by atoms with E-state index >= 15 is 0 Å². The zero-order valence-corrected chi connectivity index (χ0v) is 14.9. The lowest BCUT2D eigenvalue weighted by Gasteiger charge is -2.37. The van der Waals surface area contributed by atoms with E-state index in [1.807, 2.05) is 0 Å². The second-order valence-electron chi connectivity index (χ2n) is 7.38. The van der Waals surface area contributed by atoms with Gasteiger partial charge in [0, 0.05) is 25.0 Å². The highest BCUT2D eigenvalue weighted by Gasteiger charge is 2.49. The minimum absolute atomic E-state index is 0.0558. The summed E-state index contributed by atoms with van der Waals surface area (Å²) in [5.41, 5.74) is 0. The molecule has 2 heterocycles. The quantitative estimate of drug-likeness (QED) is 0.809. The molecule has 0 aromatic carbocycles. The van der Waals surface area contributed by atoms with Gasteiger partial charge in [0.1, 0.15) is 6.04 Å². The minimum atomic E-state index is -3.22. The van der Waals surface area contributed by atoms with Crippen LogP contribution >= 0.6 is 0 Å². The van der Waals surface area contributed by atoms with Gasteiger partial charge < -0.3 is 10.0 Å². The van der Waals surface area contributed by atoms with E-state index in [0.29, 0.717) is 38.3 Å². The van der Waals surface area contributed by atoms with Crippen LogP contribution in [0.4, 0.5) is 0 Å². The van der Waals surface area contributed by atoms with Crippen molar-refractivity contribution in [1.29, 1.82) is 0 Å². The highest BCUT2D eigenvalue weighted by molar-refractivity contribution is 7.88. The number of sulfonamides is 1. The highest BCUT2D eigenvalue weighted by atomic mass is 32.2. The van der Waals surface area contributed by atoms with Crippen LogP contribution in [0.15, 0.2) is 0 Å². The summed E-state index contributed by atoms with van der Waals surface area (Å²) in [6, 6.07) is -0.654. The van der Waals surface area contributed by atoms with Crippen molar-refractivity contribution in [2.45, 2.75) is 57.0 Å². The van der Waals surface area contributed by atoms with E-state index in [9.17, 15) is 23.1 Å². The molecule has 0 spiro atoms. The summed E-state index contributed by atoms with van der Waals surface area (Å²) in [6.45, 7) is 0.684. The standard InChI is InChI=1S/C16H26N2O5S/c1-24(22,23)17-8-6-11(7-9-17)15(19)18-13-5-3-2-4-12(13)10-14(18)16(20)21/h11-14H,2-10H2,1H3,(H,20,21)/t12-,13+,14-/m0/s1. The summed E-state index contributed by atoms with van der Waals surface area (Å²) in [5, 5.41) is 9.55. The smallest absolute Gasteiger partial charge is 0.326 e. The van der Waals surface area contributed by atoms with Crippen LogP contribution in [0.1, 0.15) is 44.9 Å². The van der Waals surface area contributed by atoms with Crippen molar-refractivity contribution in [2.24, 2.45) is 11.8 Å². The summed E-state index contributed by atoms with van der Waals surface area (Å²) in [6.07, 6.45) is 6.76. The van der Waals surface area contributed by atoms with Gasteiger partial charge in [-0.3, -0.25) is 4.79 Å². The first-order valence-electron chi connectivity index (χ1n) is 8.79. The molecule has 24 heavy (non-hydrogen) atoms. The molecular weight excluding hydrogens is 332 g/mol. The van der Waals surface area contributed by atoms with Crippen molar-refractivity contribution in [3.05, 3.63) is 0 Å². The zero-order valence-electron chi connectivity index (χ0n) is 14.1. The maximum Gasteiger partial charge on any atom is 0.326 e. The van der Waals surface area contributed by atoms with Crippen LogP contribution in [0.25, 0.3) is 0 Å². The van der Waals surface area contributed by atoms with Crippen molar-refractivity contribution in [1.82, 2.24) is 9.21 Å². The molecule has 1 N–H and O–H groups in total. The van der Waals surface area contributed by atoms with Crippen molar-refractivity contribution in [3.63, 3.8) is 0 Å². The summed E-state index contributed by atoms with van der Waals surface area (Å²) in [7, 11) is -3.22. The van der Waals surface area contributed by atoms with Gasteiger partial charge in [0.2, 0.25) is 15.9 Å². The highest BCUT2D eigenvalue weighted by Crippen LogP contribution is 2.41. The topological polar surface area (TPSA) is 95.0 Å². The molecule has 3 aliphatic rings. The van der Waals surface area contributed by atoms with Gasteiger partial charge in [0.15, 0.2) is 0 Å². The molecule has 1 aliphatic carbocycles.